The Kier molecular flexibility index (Phi) is 4.86. The molecule has 2 N–H and O–H groups in total. The minimum absolute atomic E-state index is 0.0765. The van der Waals surface area contributed by atoms with Crippen LogP contribution < -0.4 is 10.5 Å². The Balaban J connectivity index is 2.15. The van der Waals surface area contributed by atoms with Crippen LogP contribution in [0.1, 0.15) is 17.2 Å². The lowest BCUT2D eigenvalue weighted by Crippen LogP contribution is -2.13. The van der Waals surface area contributed by atoms with Gasteiger partial charge in [-0.2, -0.15) is 0 Å². The van der Waals surface area contributed by atoms with Gasteiger partial charge in [0.25, 0.3) is 0 Å². The summed E-state index contributed by atoms with van der Waals surface area (Å²) in [7, 11) is 1.60. The van der Waals surface area contributed by atoms with E-state index in [2.05, 4.69) is 28.1 Å². The van der Waals surface area contributed by atoms with Gasteiger partial charge in [-0.05, 0) is 41.8 Å². The van der Waals surface area contributed by atoms with E-state index in [1.807, 2.05) is 30.3 Å². The normalized spacial score (nSPS) is 12.2. The first-order valence-electron chi connectivity index (χ1n) is 5.93. The lowest BCUT2D eigenvalue weighted by molar-refractivity contribution is 0.414. The first kappa shape index (κ1) is 14.4. The van der Waals surface area contributed by atoms with Gasteiger partial charge in [0.1, 0.15) is 5.75 Å². The quantitative estimate of drug-likeness (QED) is 0.898. The minimum atomic E-state index is -0.0765. The molecule has 1 unspecified atom stereocenters. The summed E-state index contributed by atoms with van der Waals surface area (Å²) < 4.78 is 6.28. The number of rotatable bonds is 4. The second kappa shape index (κ2) is 6.42. The molecule has 0 aliphatic rings. The highest BCUT2D eigenvalue weighted by molar-refractivity contribution is 9.10. The number of nitrogens with two attached hydrogens (primary N) is 1. The molecule has 0 bridgehead atoms. The summed E-state index contributed by atoms with van der Waals surface area (Å²) in [4.78, 5) is 0. The summed E-state index contributed by atoms with van der Waals surface area (Å²) in [6, 6.07) is 13.7. The van der Waals surface area contributed by atoms with Crippen molar-refractivity contribution in [2.45, 2.75) is 12.5 Å². The van der Waals surface area contributed by atoms with Gasteiger partial charge in [-0.3, -0.25) is 0 Å². The summed E-state index contributed by atoms with van der Waals surface area (Å²) in [5.41, 5.74) is 8.44. The molecular formula is C15H15BrClNO. The number of methoxy groups -OCH3 is 1. The molecule has 2 nitrogen and oxygen atoms in total. The van der Waals surface area contributed by atoms with Crippen molar-refractivity contribution in [2.24, 2.45) is 5.73 Å². The maximum Gasteiger partial charge on any atom is 0.137 e. The van der Waals surface area contributed by atoms with Crippen molar-refractivity contribution < 1.29 is 4.74 Å². The molecule has 0 fully saturated rings. The molecule has 0 amide bonds. The molecule has 2 aromatic carbocycles. The molecule has 1 atom stereocenters. The SMILES string of the molecule is COc1cc(C(N)Cc2ccc(Br)cc2)ccc1Cl. The summed E-state index contributed by atoms with van der Waals surface area (Å²) in [5, 5.41) is 0.599. The van der Waals surface area contributed by atoms with Gasteiger partial charge in [-0.1, -0.05) is 45.7 Å². The maximum atomic E-state index is 6.23. The van der Waals surface area contributed by atoms with Crippen LogP contribution in [0.15, 0.2) is 46.9 Å². The molecule has 2 aromatic rings. The molecule has 0 radical (unpaired) electrons. The van der Waals surface area contributed by atoms with Gasteiger partial charge >= 0.3 is 0 Å². The second-order valence-electron chi connectivity index (χ2n) is 4.33. The molecule has 0 spiro atoms. The summed E-state index contributed by atoms with van der Waals surface area (Å²) in [5.74, 6) is 0.658. The van der Waals surface area contributed by atoms with Gasteiger partial charge in [0, 0.05) is 10.5 Å². The highest BCUT2D eigenvalue weighted by Crippen LogP contribution is 2.28. The minimum Gasteiger partial charge on any atom is -0.495 e. The molecule has 2 rings (SSSR count). The molecule has 0 saturated heterocycles. The van der Waals surface area contributed by atoms with E-state index in [1.165, 1.54) is 5.56 Å². The van der Waals surface area contributed by atoms with Crippen molar-refractivity contribution >= 4 is 27.5 Å². The molecule has 100 valence electrons. The first-order chi connectivity index (χ1) is 9.10. The Labute approximate surface area is 126 Å². The topological polar surface area (TPSA) is 35.2 Å². The standard InChI is InChI=1S/C15H15BrClNO/c1-19-15-9-11(4-7-13(15)17)14(18)8-10-2-5-12(16)6-3-10/h2-7,9,14H,8,18H2,1H3. The van der Waals surface area contributed by atoms with Crippen LogP contribution in [-0.4, -0.2) is 7.11 Å². The van der Waals surface area contributed by atoms with E-state index in [0.717, 1.165) is 16.5 Å². The average Bonchev–Trinajstić information content (AvgIpc) is 2.42. The van der Waals surface area contributed by atoms with Crippen molar-refractivity contribution in [2.75, 3.05) is 7.11 Å². The van der Waals surface area contributed by atoms with Crippen LogP contribution in [0.2, 0.25) is 5.02 Å². The van der Waals surface area contributed by atoms with Gasteiger partial charge < -0.3 is 10.5 Å². The van der Waals surface area contributed by atoms with Crippen LogP contribution in [0.25, 0.3) is 0 Å². The zero-order valence-corrected chi connectivity index (χ0v) is 12.9. The Morgan fingerprint density at radius 2 is 1.89 bits per heavy atom. The smallest absolute Gasteiger partial charge is 0.137 e. The third kappa shape index (κ3) is 3.72. The molecule has 0 aromatic heterocycles. The van der Waals surface area contributed by atoms with Gasteiger partial charge in [-0.25, -0.2) is 0 Å². The fourth-order valence-corrected chi connectivity index (χ4v) is 2.36. The Hall–Kier alpha value is -1.03. The second-order valence-corrected chi connectivity index (χ2v) is 5.65. The third-order valence-corrected chi connectivity index (χ3v) is 3.81. The summed E-state index contributed by atoms with van der Waals surface area (Å²) in [6.45, 7) is 0. The van der Waals surface area contributed by atoms with Crippen molar-refractivity contribution in [3.8, 4) is 5.75 Å². The first-order valence-corrected chi connectivity index (χ1v) is 7.10. The predicted octanol–water partition coefficient (Wildman–Crippen LogP) is 4.35. The summed E-state index contributed by atoms with van der Waals surface area (Å²) in [6.07, 6.45) is 0.776. The van der Waals surface area contributed by atoms with E-state index in [4.69, 9.17) is 22.1 Å². The highest BCUT2D eigenvalue weighted by Gasteiger charge is 2.10. The number of hydrogen-bond donors (Lipinski definition) is 1. The van der Waals surface area contributed by atoms with Crippen LogP contribution in [0.3, 0.4) is 0 Å². The molecule has 19 heavy (non-hydrogen) atoms. The molecule has 0 aliphatic heterocycles. The molecule has 4 heteroatoms. The van der Waals surface area contributed by atoms with Gasteiger partial charge in [0.05, 0.1) is 12.1 Å². The van der Waals surface area contributed by atoms with Crippen LogP contribution in [-0.2, 0) is 6.42 Å². The Morgan fingerprint density at radius 3 is 2.53 bits per heavy atom. The van der Waals surface area contributed by atoms with Gasteiger partial charge in [0.2, 0.25) is 0 Å². The van der Waals surface area contributed by atoms with Crippen LogP contribution in [0, 0.1) is 0 Å². The molecule has 0 saturated carbocycles. The number of hydrogen-bond acceptors (Lipinski definition) is 2. The van der Waals surface area contributed by atoms with Crippen molar-refractivity contribution in [3.05, 3.63) is 63.1 Å². The zero-order valence-electron chi connectivity index (χ0n) is 10.6. The Morgan fingerprint density at radius 1 is 1.21 bits per heavy atom. The molecule has 0 aliphatic carbocycles. The summed E-state index contributed by atoms with van der Waals surface area (Å²) >= 11 is 9.43. The number of halogens is 2. The number of benzene rings is 2. The van der Waals surface area contributed by atoms with E-state index in [-0.39, 0.29) is 6.04 Å². The Bertz CT molecular complexity index is 557. The van der Waals surface area contributed by atoms with Gasteiger partial charge in [0.15, 0.2) is 0 Å². The predicted molar refractivity (Wildman–Crippen MR) is 82.8 cm³/mol. The van der Waals surface area contributed by atoms with Crippen molar-refractivity contribution in [1.29, 1.82) is 0 Å². The average molecular weight is 341 g/mol. The monoisotopic (exact) mass is 339 g/mol. The van der Waals surface area contributed by atoms with E-state index in [9.17, 15) is 0 Å². The van der Waals surface area contributed by atoms with Crippen LogP contribution >= 0.6 is 27.5 Å². The number of ether oxygens (including phenoxy) is 1. The fraction of sp³-hybridized carbons (Fsp3) is 0.200. The van der Waals surface area contributed by atoms with Crippen LogP contribution in [0.4, 0.5) is 0 Å². The zero-order chi connectivity index (χ0) is 13.8. The van der Waals surface area contributed by atoms with E-state index in [0.29, 0.717) is 10.8 Å². The van der Waals surface area contributed by atoms with E-state index < -0.39 is 0 Å². The lowest BCUT2D eigenvalue weighted by Gasteiger charge is -2.14. The van der Waals surface area contributed by atoms with E-state index in [1.54, 1.807) is 7.11 Å². The van der Waals surface area contributed by atoms with E-state index >= 15 is 0 Å². The molecular weight excluding hydrogens is 326 g/mol. The maximum absolute atomic E-state index is 6.23. The van der Waals surface area contributed by atoms with Crippen LogP contribution in [0.5, 0.6) is 5.75 Å². The molecule has 0 heterocycles. The fourth-order valence-electron chi connectivity index (χ4n) is 1.90. The third-order valence-electron chi connectivity index (χ3n) is 2.97. The highest BCUT2D eigenvalue weighted by atomic mass is 79.9. The van der Waals surface area contributed by atoms with Gasteiger partial charge in [-0.15, -0.1) is 0 Å². The van der Waals surface area contributed by atoms with Crippen molar-refractivity contribution in [3.63, 3.8) is 0 Å². The largest absolute Gasteiger partial charge is 0.495 e. The lowest BCUT2D eigenvalue weighted by atomic mass is 9.99. The van der Waals surface area contributed by atoms with Crippen molar-refractivity contribution in [1.82, 2.24) is 0 Å².